The molecular formula is C14H19F3N2. The van der Waals surface area contributed by atoms with Crippen molar-refractivity contribution in [3.63, 3.8) is 0 Å². The molecule has 1 saturated heterocycles. The molecule has 1 heterocycles. The van der Waals surface area contributed by atoms with E-state index >= 15 is 0 Å². The summed E-state index contributed by atoms with van der Waals surface area (Å²) in [7, 11) is 0. The van der Waals surface area contributed by atoms with Gasteiger partial charge >= 0.3 is 6.18 Å². The van der Waals surface area contributed by atoms with Gasteiger partial charge < -0.3 is 10.2 Å². The summed E-state index contributed by atoms with van der Waals surface area (Å²) >= 11 is 0. The van der Waals surface area contributed by atoms with Crippen LogP contribution in [0.3, 0.4) is 0 Å². The molecule has 2 nitrogen and oxygen atoms in total. The lowest BCUT2D eigenvalue weighted by Gasteiger charge is -2.26. The standard InChI is InChI=1S/C14H19F3N2/c1-2-12-10-19(8-4-7-18-12)13-6-3-5-11(9-13)14(15,16)17/h3,5-6,9,12,18H,2,4,7-8,10H2,1H3. The van der Waals surface area contributed by atoms with E-state index in [9.17, 15) is 13.2 Å². The van der Waals surface area contributed by atoms with Crippen molar-refractivity contribution >= 4 is 5.69 Å². The largest absolute Gasteiger partial charge is 0.416 e. The average Bonchev–Trinajstić information content (AvgIpc) is 2.63. The Morgan fingerprint density at radius 1 is 1.37 bits per heavy atom. The number of hydrogen-bond donors (Lipinski definition) is 1. The Morgan fingerprint density at radius 3 is 2.84 bits per heavy atom. The molecule has 0 radical (unpaired) electrons. The first kappa shape index (κ1) is 14.2. The highest BCUT2D eigenvalue weighted by Gasteiger charge is 2.31. The molecule has 0 spiro atoms. The number of benzene rings is 1. The molecule has 1 unspecified atom stereocenters. The maximum absolute atomic E-state index is 12.7. The first-order valence-corrected chi connectivity index (χ1v) is 6.66. The Labute approximate surface area is 111 Å². The van der Waals surface area contributed by atoms with Gasteiger partial charge in [0.05, 0.1) is 5.56 Å². The second-order valence-electron chi connectivity index (χ2n) is 4.91. The minimum Gasteiger partial charge on any atom is -0.370 e. The summed E-state index contributed by atoms with van der Waals surface area (Å²) in [5, 5.41) is 3.41. The number of halogens is 3. The van der Waals surface area contributed by atoms with Crippen molar-refractivity contribution in [2.24, 2.45) is 0 Å². The van der Waals surface area contributed by atoms with Crippen LogP contribution in [-0.4, -0.2) is 25.7 Å². The summed E-state index contributed by atoms with van der Waals surface area (Å²) in [5.74, 6) is 0. The quantitative estimate of drug-likeness (QED) is 0.888. The Kier molecular flexibility index (Phi) is 4.34. The molecule has 1 aromatic carbocycles. The second kappa shape index (κ2) is 5.82. The third-order valence-corrected chi connectivity index (χ3v) is 3.51. The van der Waals surface area contributed by atoms with Crippen molar-refractivity contribution in [3.05, 3.63) is 29.8 Å². The molecule has 0 aliphatic carbocycles. The molecule has 1 fully saturated rings. The first-order valence-electron chi connectivity index (χ1n) is 6.66. The van der Waals surface area contributed by atoms with Crippen LogP contribution in [0.15, 0.2) is 24.3 Å². The maximum Gasteiger partial charge on any atom is 0.416 e. The fourth-order valence-electron chi connectivity index (χ4n) is 2.38. The van der Waals surface area contributed by atoms with Gasteiger partial charge in [-0.2, -0.15) is 13.2 Å². The van der Waals surface area contributed by atoms with Gasteiger partial charge in [0.1, 0.15) is 0 Å². The molecule has 1 atom stereocenters. The van der Waals surface area contributed by atoms with Crippen molar-refractivity contribution in [2.45, 2.75) is 32.0 Å². The molecule has 1 aliphatic rings. The molecular weight excluding hydrogens is 253 g/mol. The van der Waals surface area contributed by atoms with Crippen LogP contribution in [0.5, 0.6) is 0 Å². The molecule has 0 aromatic heterocycles. The highest BCUT2D eigenvalue weighted by Crippen LogP contribution is 2.31. The van der Waals surface area contributed by atoms with Crippen LogP contribution < -0.4 is 10.2 Å². The predicted molar refractivity (Wildman–Crippen MR) is 70.4 cm³/mol. The van der Waals surface area contributed by atoms with Gasteiger partial charge in [-0.3, -0.25) is 0 Å². The molecule has 5 heteroatoms. The molecule has 1 aromatic rings. The minimum absolute atomic E-state index is 0.344. The van der Waals surface area contributed by atoms with Crippen molar-refractivity contribution in [3.8, 4) is 0 Å². The van der Waals surface area contributed by atoms with Crippen LogP contribution >= 0.6 is 0 Å². The molecule has 106 valence electrons. The third-order valence-electron chi connectivity index (χ3n) is 3.51. The first-order chi connectivity index (χ1) is 9.00. The summed E-state index contributed by atoms with van der Waals surface area (Å²) in [6.07, 6.45) is -2.34. The lowest BCUT2D eigenvalue weighted by atomic mass is 10.1. The van der Waals surface area contributed by atoms with E-state index in [0.717, 1.165) is 38.5 Å². The Bertz CT molecular complexity index is 417. The van der Waals surface area contributed by atoms with Crippen LogP contribution in [0.2, 0.25) is 0 Å². The van der Waals surface area contributed by atoms with E-state index in [-0.39, 0.29) is 0 Å². The van der Waals surface area contributed by atoms with Gasteiger partial charge in [0.15, 0.2) is 0 Å². The molecule has 0 amide bonds. The van der Waals surface area contributed by atoms with Crippen LogP contribution in [0.4, 0.5) is 18.9 Å². The van der Waals surface area contributed by atoms with Gasteiger partial charge in [-0.1, -0.05) is 13.0 Å². The molecule has 0 bridgehead atoms. The average molecular weight is 272 g/mol. The number of nitrogens with zero attached hydrogens (tertiary/aromatic N) is 1. The Morgan fingerprint density at radius 2 is 2.16 bits per heavy atom. The number of nitrogens with one attached hydrogen (secondary N) is 1. The maximum atomic E-state index is 12.7. The normalized spacial score (nSPS) is 21.3. The lowest BCUT2D eigenvalue weighted by Crippen LogP contribution is -2.37. The van der Waals surface area contributed by atoms with Gasteiger partial charge in [0.25, 0.3) is 0 Å². The van der Waals surface area contributed by atoms with E-state index in [1.165, 1.54) is 12.1 Å². The smallest absolute Gasteiger partial charge is 0.370 e. The van der Waals surface area contributed by atoms with Gasteiger partial charge in [-0.25, -0.2) is 0 Å². The Hall–Kier alpha value is -1.23. The van der Waals surface area contributed by atoms with E-state index in [0.29, 0.717) is 11.7 Å². The SMILES string of the molecule is CCC1CN(c2cccc(C(F)(F)F)c2)CCCN1. The monoisotopic (exact) mass is 272 g/mol. The summed E-state index contributed by atoms with van der Waals surface area (Å²) in [6.45, 7) is 4.57. The van der Waals surface area contributed by atoms with Gasteiger partial charge in [-0.05, 0) is 37.6 Å². The third kappa shape index (κ3) is 3.62. The molecule has 0 saturated carbocycles. The number of rotatable bonds is 2. The van der Waals surface area contributed by atoms with Crippen LogP contribution in [0.1, 0.15) is 25.3 Å². The molecule has 1 N–H and O–H groups in total. The zero-order valence-electron chi connectivity index (χ0n) is 11.0. The molecule has 1 aliphatic heterocycles. The Balaban J connectivity index is 2.20. The number of anilines is 1. The minimum atomic E-state index is -4.27. The van der Waals surface area contributed by atoms with Crippen molar-refractivity contribution in [1.29, 1.82) is 0 Å². The van der Waals surface area contributed by atoms with Crippen LogP contribution in [-0.2, 0) is 6.18 Å². The summed E-state index contributed by atoms with van der Waals surface area (Å²) in [4.78, 5) is 2.05. The molecule has 19 heavy (non-hydrogen) atoms. The van der Waals surface area contributed by atoms with E-state index in [4.69, 9.17) is 0 Å². The number of alkyl halides is 3. The fourth-order valence-corrected chi connectivity index (χ4v) is 2.38. The predicted octanol–water partition coefficient (Wildman–Crippen LogP) is 3.28. The van der Waals surface area contributed by atoms with E-state index < -0.39 is 11.7 Å². The van der Waals surface area contributed by atoms with Crippen LogP contribution in [0, 0.1) is 0 Å². The van der Waals surface area contributed by atoms with E-state index in [2.05, 4.69) is 12.2 Å². The van der Waals surface area contributed by atoms with Crippen LogP contribution in [0.25, 0.3) is 0 Å². The summed E-state index contributed by atoms with van der Waals surface area (Å²) in [5.41, 5.74) is 0.0900. The summed E-state index contributed by atoms with van der Waals surface area (Å²) < 4.78 is 38.2. The molecule has 2 rings (SSSR count). The van der Waals surface area contributed by atoms with Crippen molar-refractivity contribution < 1.29 is 13.2 Å². The lowest BCUT2D eigenvalue weighted by molar-refractivity contribution is -0.137. The van der Waals surface area contributed by atoms with E-state index in [1.807, 2.05) is 4.90 Å². The van der Waals surface area contributed by atoms with Crippen molar-refractivity contribution in [2.75, 3.05) is 24.5 Å². The zero-order valence-corrected chi connectivity index (χ0v) is 11.0. The zero-order chi connectivity index (χ0) is 13.9. The van der Waals surface area contributed by atoms with Crippen molar-refractivity contribution in [1.82, 2.24) is 5.32 Å². The summed E-state index contributed by atoms with van der Waals surface area (Å²) in [6, 6.07) is 5.96. The topological polar surface area (TPSA) is 15.3 Å². The van der Waals surface area contributed by atoms with Gasteiger partial charge in [0, 0.05) is 24.8 Å². The second-order valence-corrected chi connectivity index (χ2v) is 4.91. The highest BCUT2D eigenvalue weighted by molar-refractivity contribution is 5.49. The van der Waals surface area contributed by atoms with E-state index in [1.54, 1.807) is 6.07 Å². The van der Waals surface area contributed by atoms with Gasteiger partial charge in [0.2, 0.25) is 0 Å². The van der Waals surface area contributed by atoms with Gasteiger partial charge in [-0.15, -0.1) is 0 Å². The fraction of sp³-hybridized carbons (Fsp3) is 0.571. The highest BCUT2D eigenvalue weighted by atomic mass is 19.4. The number of hydrogen-bond acceptors (Lipinski definition) is 2.